The normalized spacial score (nSPS) is 12.6. The quantitative estimate of drug-likeness (QED) is 0.252. The van der Waals surface area contributed by atoms with Gasteiger partial charge in [-0.25, -0.2) is 26.0 Å². The highest BCUT2D eigenvalue weighted by molar-refractivity contribution is 7.85. The highest BCUT2D eigenvalue weighted by atomic mass is 32.3. The first kappa shape index (κ1) is 28.6. The lowest BCUT2D eigenvalue weighted by atomic mass is 10.3. The number of nitrogens with zero attached hydrogens (tertiary/aromatic N) is 2. The highest BCUT2D eigenvalue weighted by Crippen LogP contribution is 2.18. The van der Waals surface area contributed by atoms with Crippen LogP contribution in [-0.4, -0.2) is 52.6 Å². The topological polar surface area (TPSA) is 255 Å². The first-order chi connectivity index (χ1) is 10.4. The SMILES string of the molecule is CCCC(n1cc[n+](C)c1)S(=O)(=O)O.O=S(=O)([O-])O.O=S(=O)([O-])O.[NH4+]. The van der Waals surface area contributed by atoms with Crippen LogP contribution in [0.5, 0.6) is 0 Å². The molecule has 0 aromatic carbocycles. The van der Waals surface area contributed by atoms with E-state index in [0.29, 0.717) is 12.8 Å². The lowest BCUT2D eigenvalue weighted by Crippen LogP contribution is -2.26. The fraction of sp³-hybridized carbons (Fsp3) is 0.625. The summed E-state index contributed by atoms with van der Waals surface area (Å²) in [5.74, 6) is 0. The minimum absolute atomic E-state index is 0. The molecule has 152 valence electrons. The maximum atomic E-state index is 11.1. The predicted octanol–water partition coefficient (Wildman–Crippen LogP) is -1.12. The van der Waals surface area contributed by atoms with Crippen molar-refractivity contribution in [3.8, 4) is 0 Å². The Morgan fingerprint density at radius 3 is 1.60 bits per heavy atom. The Hall–Kier alpha value is -1.18. The molecule has 0 amide bonds. The van der Waals surface area contributed by atoms with Gasteiger partial charge in [-0.15, -0.1) is 0 Å². The molecule has 1 rings (SSSR count). The van der Waals surface area contributed by atoms with E-state index >= 15 is 0 Å². The Morgan fingerprint density at radius 1 is 1.04 bits per heavy atom. The molecule has 1 atom stereocenters. The van der Waals surface area contributed by atoms with Gasteiger partial charge in [-0.3, -0.25) is 13.7 Å². The zero-order valence-electron chi connectivity index (χ0n) is 13.5. The van der Waals surface area contributed by atoms with Crippen molar-refractivity contribution in [3.63, 3.8) is 0 Å². The molecular weight excluding hydrogens is 410 g/mol. The molecule has 1 aromatic heterocycles. The summed E-state index contributed by atoms with van der Waals surface area (Å²) in [6.45, 7) is 1.88. The summed E-state index contributed by atoms with van der Waals surface area (Å²) in [6.07, 6.45) is 6.11. The van der Waals surface area contributed by atoms with E-state index in [-0.39, 0.29) is 6.15 Å². The molecule has 17 heteroatoms. The molecule has 0 saturated heterocycles. The van der Waals surface area contributed by atoms with E-state index in [2.05, 4.69) is 0 Å². The second-order valence-corrected chi connectivity index (χ2v) is 7.43. The number of quaternary nitrogens is 1. The third-order valence-electron chi connectivity index (χ3n) is 2.00. The number of hydrogen-bond donors (Lipinski definition) is 4. The van der Waals surface area contributed by atoms with Crippen molar-refractivity contribution >= 4 is 30.9 Å². The van der Waals surface area contributed by atoms with Crippen LogP contribution in [0.2, 0.25) is 0 Å². The average molecular weight is 431 g/mol. The summed E-state index contributed by atoms with van der Waals surface area (Å²) in [7, 11) is -12.1. The molecule has 0 aliphatic heterocycles. The summed E-state index contributed by atoms with van der Waals surface area (Å²) in [4.78, 5) is 0. The molecule has 0 radical (unpaired) electrons. The first-order valence-electron chi connectivity index (χ1n) is 5.80. The fourth-order valence-electron chi connectivity index (χ4n) is 1.34. The van der Waals surface area contributed by atoms with Crippen LogP contribution in [0.3, 0.4) is 0 Å². The van der Waals surface area contributed by atoms with Crippen molar-refractivity contribution < 1.29 is 52.6 Å². The molecule has 14 nitrogen and oxygen atoms in total. The van der Waals surface area contributed by atoms with Gasteiger partial charge < -0.3 is 15.3 Å². The highest BCUT2D eigenvalue weighted by Gasteiger charge is 2.28. The molecule has 1 aromatic rings. The molecule has 0 fully saturated rings. The van der Waals surface area contributed by atoms with E-state index in [0.717, 1.165) is 0 Å². The van der Waals surface area contributed by atoms with Crippen molar-refractivity contribution in [1.82, 2.24) is 10.7 Å². The number of hydrogen-bond acceptors (Lipinski definition) is 8. The monoisotopic (exact) mass is 431 g/mol. The van der Waals surface area contributed by atoms with E-state index in [1.165, 1.54) is 4.57 Å². The van der Waals surface area contributed by atoms with Gasteiger partial charge in [0.15, 0.2) is 0 Å². The van der Waals surface area contributed by atoms with E-state index in [1.807, 2.05) is 6.92 Å². The van der Waals surface area contributed by atoms with Crippen molar-refractivity contribution in [2.24, 2.45) is 7.05 Å². The Labute approximate surface area is 145 Å². The average Bonchev–Trinajstić information content (AvgIpc) is 2.66. The largest absolute Gasteiger partial charge is 0.726 e. The molecule has 25 heavy (non-hydrogen) atoms. The summed E-state index contributed by atoms with van der Waals surface area (Å²) in [6, 6.07) is 0. The van der Waals surface area contributed by atoms with Crippen LogP contribution in [0.4, 0.5) is 0 Å². The van der Waals surface area contributed by atoms with Crippen LogP contribution in [0.1, 0.15) is 25.1 Å². The molecule has 0 aliphatic carbocycles. The Bertz CT molecular complexity index is 751. The van der Waals surface area contributed by atoms with Crippen LogP contribution in [0, 0.1) is 0 Å². The third kappa shape index (κ3) is 22.8. The summed E-state index contributed by atoms with van der Waals surface area (Å²) in [5.41, 5.74) is 0. The molecule has 0 spiro atoms. The predicted molar refractivity (Wildman–Crippen MR) is 81.7 cm³/mol. The van der Waals surface area contributed by atoms with Gasteiger partial charge in [0.05, 0.1) is 7.05 Å². The van der Waals surface area contributed by atoms with Gasteiger partial charge in [0, 0.05) is 6.42 Å². The second-order valence-electron chi connectivity index (χ2n) is 4.14. The minimum Gasteiger partial charge on any atom is -0.726 e. The second kappa shape index (κ2) is 11.4. The van der Waals surface area contributed by atoms with Crippen LogP contribution >= 0.6 is 0 Å². The molecule has 0 bridgehead atoms. The van der Waals surface area contributed by atoms with Gasteiger partial charge >= 0.3 is 10.1 Å². The zero-order chi connectivity index (χ0) is 19.8. The molecular formula is C8H21N3O11S3. The van der Waals surface area contributed by atoms with E-state index < -0.39 is 36.3 Å². The van der Waals surface area contributed by atoms with E-state index in [9.17, 15) is 8.42 Å². The first-order valence-corrected chi connectivity index (χ1v) is 10.0. The molecule has 0 aliphatic rings. The van der Waals surface area contributed by atoms with E-state index in [1.54, 1.807) is 30.3 Å². The Morgan fingerprint density at radius 2 is 1.40 bits per heavy atom. The number of imidazole rings is 1. The van der Waals surface area contributed by atoms with Crippen molar-refractivity contribution in [2.45, 2.75) is 25.1 Å². The van der Waals surface area contributed by atoms with Gasteiger partial charge in [0.25, 0.3) is 0 Å². The number of aromatic nitrogens is 2. The van der Waals surface area contributed by atoms with Gasteiger partial charge in [-0.2, -0.15) is 8.42 Å². The van der Waals surface area contributed by atoms with E-state index in [4.69, 9.17) is 39.6 Å². The molecule has 1 unspecified atom stereocenters. The van der Waals surface area contributed by atoms with Crippen LogP contribution in [0.15, 0.2) is 18.7 Å². The van der Waals surface area contributed by atoms with Crippen LogP contribution in [-0.2, 0) is 38.0 Å². The summed E-state index contributed by atoms with van der Waals surface area (Å²) < 4.78 is 100. The lowest BCUT2D eigenvalue weighted by molar-refractivity contribution is -0.671. The smallest absolute Gasteiger partial charge is 0.307 e. The fourth-order valence-corrected chi connectivity index (χ4v) is 2.30. The molecule has 7 N–H and O–H groups in total. The third-order valence-corrected chi connectivity index (χ3v) is 3.17. The van der Waals surface area contributed by atoms with Crippen LogP contribution in [0.25, 0.3) is 0 Å². The summed E-state index contributed by atoms with van der Waals surface area (Å²) >= 11 is 0. The van der Waals surface area contributed by atoms with Crippen molar-refractivity contribution in [2.75, 3.05) is 0 Å². The molecule has 0 saturated carbocycles. The maximum Gasteiger partial charge on any atom is 0.307 e. The summed E-state index contributed by atoms with van der Waals surface area (Å²) in [5, 5.41) is -0.867. The number of rotatable bonds is 4. The minimum atomic E-state index is -4.92. The van der Waals surface area contributed by atoms with Crippen LogP contribution < -0.4 is 10.7 Å². The van der Waals surface area contributed by atoms with Crippen molar-refractivity contribution in [3.05, 3.63) is 18.7 Å². The maximum absolute atomic E-state index is 11.1. The van der Waals surface area contributed by atoms with Gasteiger partial charge in [-0.05, 0) is 0 Å². The van der Waals surface area contributed by atoms with Gasteiger partial charge in [0.2, 0.25) is 32.5 Å². The number of aryl methyl sites for hydroxylation is 1. The standard InChI is InChI=1S/C8H14N2O3S.H3N.2H2O4S/c1-3-4-8(14(11,12)13)10-6-5-9(2)7-10;;2*1-5(2,3)4/h5-8H,3-4H2,1-2H3;1H3;2*(H2,1,2,3,4). The lowest BCUT2D eigenvalue weighted by Gasteiger charge is -2.08. The zero-order valence-corrected chi connectivity index (χ0v) is 15.9. The van der Waals surface area contributed by atoms with Crippen molar-refractivity contribution in [1.29, 1.82) is 0 Å². The van der Waals surface area contributed by atoms with Gasteiger partial charge in [0.1, 0.15) is 12.4 Å². The van der Waals surface area contributed by atoms with Gasteiger partial charge in [-0.1, -0.05) is 13.3 Å². The molecule has 1 heterocycles. The Kier molecular flexibility index (Phi) is 13.1. The Balaban J connectivity index is -0.000000368.